The minimum atomic E-state index is -4.37. The molecule has 0 bridgehead atoms. The number of carbonyl (C=O) groups excluding carboxylic acids is 1. The topological polar surface area (TPSA) is 38.8 Å². The summed E-state index contributed by atoms with van der Waals surface area (Å²) in [5.74, 6) is 0.618. The lowest BCUT2D eigenvalue weighted by molar-refractivity contribution is -0.143. The van der Waals surface area contributed by atoms with Crippen molar-refractivity contribution < 1.29 is 27.4 Å². The number of hydrogen-bond donors (Lipinski definition) is 0. The van der Waals surface area contributed by atoms with E-state index in [1.165, 1.54) is 12.1 Å². The second-order valence-corrected chi connectivity index (χ2v) is 9.23. The highest BCUT2D eigenvalue weighted by atomic mass is 35.5. The van der Waals surface area contributed by atoms with E-state index in [9.17, 15) is 18.0 Å². The summed E-state index contributed by atoms with van der Waals surface area (Å²) >= 11 is 6.07. The zero-order valence-electron chi connectivity index (χ0n) is 20.2. The number of amides is 1. The third kappa shape index (κ3) is 6.70. The van der Waals surface area contributed by atoms with Crippen LogP contribution < -0.4 is 4.74 Å². The Bertz CT molecular complexity index is 942. The van der Waals surface area contributed by atoms with Crippen molar-refractivity contribution in [1.82, 2.24) is 4.90 Å². The highest BCUT2D eigenvalue weighted by Crippen LogP contribution is 2.38. The van der Waals surface area contributed by atoms with Gasteiger partial charge in [-0.15, -0.1) is 0 Å². The van der Waals surface area contributed by atoms with E-state index in [0.717, 1.165) is 30.5 Å². The van der Waals surface area contributed by atoms with Gasteiger partial charge in [-0.05, 0) is 67.6 Å². The lowest BCUT2D eigenvalue weighted by Crippen LogP contribution is -2.53. The summed E-state index contributed by atoms with van der Waals surface area (Å²) in [5.41, 5.74) is -0.365. The smallest absolute Gasteiger partial charge is 0.416 e. The van der Waals surface area contributed by atoms with E-state index >= 15 is 0 Å². The summed E-state index contributed by atoms with van der Waals surface area (Å²) in [4.78, 5) is 15.7. The first-order valence-corrected chi connectivity index (χ1v) is 12.6. The van der Waals surface area contributed by atoms with Gasteiger partial charge in [0.05, 0.1) is 17.6 Å². The first-order chi connectivity index (χ1) is 16.8. The number of rotatable bonds is 5. The van der Waals surface area contributed by atoms with Crippen molar-refractivity contribution in [2.75, 3.05) is 32.9 Å². The molecule has 1 unspecified atom stereocenters. The van der Waals surface area contributed by atoms with Crippen LogP contribution in [0.25, 0.3) is 0 Å². The van der Waals surface area contributed by atoms with Crippen molar-refractivity contribution in [3.63, 3.8) is 0 Å². The summed E-state index contributed by atoms with van der Waals surface area (Å²) in [5, 5.41) is 0.631. The monoisotopic (exact) mass is 511 g/mol. The predicted molar refractivity (Wildman–Crippen MR) is 131 cm³/mol. The first-order valence-electron chi connectivity index (χ1n) is 12.2. The van der Waals surface area contributed by atoms with Crippen LogP contribution in [0.4, 0.5) is 13.2 Å². The third-order valence-corrected chi connectivity index (χ3v) is 6.88. The van der Waals surface area contributed by atoms with Gasteiger partial charge in [0.1, 0.15) is 5.75 Å². The molecule has 4 rings (SSSR count). The minimum absolute atomic E-state index is 0.104. The molecule has 0 N–H and O–H groups in total. The molecule has 2 fully saturated rings. The Kier molecular flexibility index (Phi) is 9.47. The average Bonchev–Trinajstić information content (AvgIpc) is 2.89. The Morgan fingerprint density at radius 3 is 2.31 bits per heavy atom. The molecule has 2 saturated heterocycles. The molecule has 0 radical (unpaired) electrons. The van der Waals surface area contributed by atoms with E-state index < -0.39 is 17.2 Å². The molecule has 0 aliphatic carbocycles. The molecule has 8 heteroatoms. The van der Waals surface area contributed by atoms with Crippen LogP contribution in [0.15, 0.2) is 48.5 Å². The standard InChI is InChI=1S/C25H27ClF3NO3.C2H6/c26-21-7-3-19(4-8-21)24(11-14-32-15-12-24)23(31)30-13-1-2-18(16-30)17-33-22-9-5-20(6-10-22)25(27,28)29;1-2/h3-10,18H,1-2,11-17H2;1-2H3. The normalized spacial score (nSPS) is 19.9. The van der Waals surface area contributed by atoms with Crippen molar-refractivity contribution >= 4 is 17.5 Å². The highest BCUT2D eigenvalue weighted by molar-refractivity contribution is 6.30. The van der Waals surface area contributed by atoms with Crippen LogP contribution in [0.3, 0.4) is 0 Å². The Hall–Kier alpha value is -2.25. The number of nitrogens with zero attached hydrogens (tertiary/aromatic N) is 1. The van der Waals surface area contributed by atoms with Gasteiger partial charge in [-0.2, -0.15) is 13.2 Å². The van der Waals surface area contributed by atoms with Crippen LogP contribution in [-0.2, 0) is 21.1 Å². The number of hydrogen-bond acceptors (Lipinski definition) is 3. The Labute approximate surface area is 210 Å². The van der Waals surface area contributed by atoms with Crippen LogP contribution in [0.2, 0.25) is 5.02 Å². The number of carbonyl (C=O) groups is 1. The number of likely N-dealkylation sites (tertiary alicyclic amines) is 1. The van der Waals surface area contributed by atoms with Crippen LogP contribution in [-0.4, -0.2) is 43.7 Å². The van der Waals surface area contributed by atoms with Gasteiger partial charge in [0, 0.05) is 37.2 Å². The lowest BCUT2D eigenvalue weighted by atomic mass is 9.72. The molecule has 2 aromatic carbocycles. The maximum absolute atomic E-state index is 13.8. The number of piperidine rings is 1. The molecular weight excluding hydrogens is 479 g/mol. The molecule has 35 heavy (non-hydrogen) atoms. The summed E-state index contributed by atoms with van der Waals surface area (Å²) in [6.07, 6.45) is -1.36. The fraction of sp³-hybridized carbons (Fsp3) is 0.519. The number of alkyl halides is 3. The van der Waals surface area contributed by atoms with E-state index in [1.54, 1.807) is 0 Å². The fourth-order valence-corrected chi connectivity index (χ4v) is 4.88. The molecule has 0 saturated carbocycles. The predicted octanol–water partition coefficient (Wildman–Crippen LogP) is 6.75. The molecule has 2 heterocycles. The number of halogens is 4. The van der Waals surface area contributed by atoms with Crippen molar-refractivity contribution in [3.8, 4) is 5.75 Å². The molecule has 1 amide bonds. The van der Waals surface area contributed by atoms with Crippen LogP contribution >= 0.6 is 11.6 Å². The second kappa shape index (κ2) is 12.1. The third-order valence-electron chi connectivity index (χ3n) is 6.63. The Balaban J connectivity index is 0.00000167. The molecule has 2 aromatic rings. The lowest BCUT2D eigenvalue weighted by Gasteiger charge is -2.42. The zero-order chi connectivity index (χ0) is 25.5. The van der Waals surface area contributed by atoms with Gasteiger partial charge in [0.25, 0.3) is 0 Å². The maximum Gasteiger partial charge on any atom is 0.416 e. The second-order valence-electron chi connectivity index (χ2n) is 8.79. The van der Waals surface area contributed by atoms with E-state index in [-0.39, 0.29) is 11.8 Å². The van der Waals surface area contributed by atoms with Crippen molar-refractivity contribution in [2.24, 2.45) is 5.92 Å². The van der Waals surface area contributed by atoms with Gasteiger partial charge < -0.3 is 14.4 Å². The van der Waals surface area contributed by atoms with Crippen LogP contribution in [0.1, 0.15) is 50.7 Å². The number of benzene rings is 2. The summed E-state index contributed by atoms with van der Waals surface area (Å²) in [6, 6.07) is 12.2. The molecule has 2 aliphatic heterocycles. The minimum Gasteiger partial charge on any atom is -0.493 e. The van der Waals surface area contributed by atoms with Crippen molar-refractivity contribution in [3.05, 3.63) is 64.7 Å². The Morgan fingerprint density at radius 2 is 1.71 bits per heavy atom. The molecule has 1 atom stereocenters. The van der Waals surface area contributed by atoms with Crippen molar-refractivity contribution in [1.29, 1.82) is 0 Å². The summed E-state index contributed by atoms with van der Waals surface area (Å²) < 4.78 is 49.6. The molecular formula is C27H33ClF3NO3. The Morgan fingerprint density at radius 1 is 1.09 bits per heavy atom. The largest absolute Gasteiger partial charge is 0.493 e. The zero-order valence-corrected chi connectivity index (χ0v) is 21.0. The van der Waals surface area contributed by atoms with Gasteiger partial charge in [0.2, 0.25) is 5.91 Å². The van der Waals surface area contributed by atoms with Crippen molar-refractivity contribution in [2.45, 2.75) is 51.1 Å². The fourth-order valence-electron chi connectivity index (χ4n) is 4.76. The van der Waals surface area contributed by atoms with E-state index in [1.807, 2.05) is 43.0 Å². The van der Waals surface area contributed by atoms with E-state index in [0.29, 0.717) is 56.5 Å². The summed E-state index contributed by atoms with van der Waals surface area (Å²) in [7, 11) is 0. The van der Waals surface area contributed by atoms with Gasteiger partial charge in [0.15, 0.2) is 0 Å². The first kappa shape index (κ1) is 27.3. The van der Waals surface area contributed by atoms with E-state index in [4.69, 9.17) is 21.1 Å². The van der Waals surface area contributed by atoms with Crippen LogP contribution in [0.5, 0.6) is 5.75 Å². The number of ether oxygens (including phenoxy) is 2. The molecule has 0 spiro atoms. The quantitative estimate of drug-likeness (QED) is 0.445. The van der Waals surface area contributed by atoms with Gasteiger partial charge >= 0.3 is 6.18 Å². The average molecular weight is 512 g/mol. The van der Waals surface area contributed by atoms with E-state index in [2.05, 4.69) is 0 Å². The van der Waals surface area contributed by atoms with Gasteiger partial charge in [-0.25, -0.2) is 0 Å². The molecule has 192 valence electrons. The van der Waals surface area contributed by atoms with Gasteiger partial charge in [-0.3, -0.25) is 4.79 Å². The van der Waals surface area contributed by atoms with Crippen LogP contribution in [0, 0.1) is 5.92 Å². The van der Waals surface area contributed by atoms with Gasteiger partial charge in [-0.1, -0.05) is 37.6 Å². The maximum atomic E-state index is 13.8. The molecule has 2 aliphatic rings. The summed E-state index contributed by atoms with van der Waals surface area (Å²) in [6.45, 7) is 6.67. The SMILES string of the molecule is CC.O=C(N1CCCC(COc2ccc(C(F)(F)F)cc2)C1)C1(c2ccc(Cl)cc2)CCOCC1. The molecule has 4 nitrogen and oxygen atoms in total. The molecule has 0 aromatic heterocycles. The highest BCUT2D eigenvalue weighted by Gasteiger charge is 2.45.